The number of halogens is 2. The molecular formula is C23H30F2N4O3. The predicted octanol–water partition coefficient (Wildman–Crippen LogP) is 2.94. The molecule has 1 aromatic rings. The van der Waals surface area contributed by atoms with Crippen molar-refractivity contribution in [3.05, 3.63) is 29.8 Å². The molecule has 1 atom stereocenters. The topological polar surface area (TPSA) is 81.8 Å². The van der Waals surface area contributed by atoms with Gasteiger partial charge in [0.1, 0.15) is 11.6 Å². The van der Waals surface area contributed by atoms with Gasteiger partial charge in [-0.1, -0.05) is 19.3 Å². The average Bonchev–Trinajstić information content (AvgIpc) is 3.16. The van der Waals surface area contributed by atoms with Crippen LogP contribution in [0.2, 0.25) is 0 Å². The molecule has 1 aromatic carbocycles. The second-order valence-corrected chi connectivity index (χ2v) is 9.09. The SMILES string of the molecule is O=C(NC1CCN(C(=O)NC2CCCCC2)CC1)C1CC(=O)N(c2cc(F)cc(F)c2)C1. The Morgan fingerprint density at radius 3 is 2.16 bits per heavy atom. The Labute approximate surface area is 186 Å². The average molecular weight is 449 g/mol. The van der Waals surface area contributed by atoms with Gasteiger partial charge in [-0.2, -0.15) is 0 Å². The van der Waals surface area contributed by atoms with Gasteiger partial charge in [-0.3, -0.25) is 9.59 Å². The van der Waals surface area contributed by atoms with Crippen molar-refractivity contribution >= 4 is 23.5 Å². The summed E-state index contributed by atoms with van der Waals surface area (Å²) in [5.41, 5.74) is 0.125. The van der Waals surface area contributed by atoms with Crippen LogP contribution in [0.5, 0.6) is 0 Å². The van der Waals surface area contributed by atoms with Crippen LogP contribution in [0.25, 0.3) is 0 Å². The molecule has 2 N–H and O–H groups in total. The number of urea groups is 1. The molecule has 3 fully saturated rings. The van der Waals surface area contributed by atoms with E-state index in [4.69, 9.17) is 0 Å². The van der Waals surface area contributed by atoms with Crippen molar-refractivity contribution in [2.75, 3.05) is 24.5 Å². The van der Waals surface area contributed by atoms with Crippen LogP contribution in [-0.2, 0) is 9.59 Å². The Balaban J connectivity index is 1.24. The summed E-state index contributed by atoms with van der Waals surface area (Å²) in [4.78, 5) is 40.6. The molecular weight excluding hydrogens is 418 g/mol. The number of likely N-dealkylation sites (tertiary alicyclic amines) is 1. The summed E-state index contributed by atoms with van der Waals surface area (Å²) in [5.74, 6) is -2.66. The lowest BCUT2D eigenvalue weighted by Gasteiger charge is -2.34. The fraction of sp³-hybridized carbons (Fsp3) is 0.609. The van der Waals surface area contributed by atoms with Crippen LogP contribution in [0, 0.1) is 17.6 Å². The maximum Gasteiger partial charge on any atom is 0.317 e. The van der Waals surface area contributed by atoms with Crippen LogP contribution in [0.1, 0.15) is 51.4 Å². The lowest BCUT2D eigenvalue weighted by molar-refractivity contribution is -0.127. The molecule has 1 aliphatic carbocycles. The fourth-order valence-electron chi connectivity index (χ4n) is 4.89. The van der Waals surface area contributed by atoms with E-state index in [0.29, 0.717) is 25.9 Å². The molecule has 0 bridgehead atoms. The number of nitrogens with zero attached hydrogens (tertiary/aromatic N) is 2. The molecule has 32 heavy (non-hydrogen) atoms. The molecule has 3 aliphatic rings. The highest BCUT2D eigenvalue weighted by Gasteiger charge is 2.36. The molecule has 0 radical (unpaired) electrons. The zero-order chi connectivity index (χ0) is 22.7. The number of carbonyl (C=O) groups is 3. The second-order valence-electron chi connectivity index (χ2n) is 9.09. The minimum absolute atomic E-state index is 0.00655. The van der Waals surface area contributed by atoms with Crippen LogP contribution >= 0.6 is 0 Å². The molecule has 7 nitrogen and oxygen atoms in total. The Kier molecular flexibility index (Phi) is 6.91. The maximum absolute atomic E-state index is 13.5. The standard InChI is InChI=1S/C23H30F2N4O3/c24-16-11-17(25)13-20(12-16)29-14-15(10-21(29)30)22(31)26-19-6-8-28(9-7-19)23(32)27-18-4-2-1-3-5-18/h11-13,15,18-19H,1-10,14H2,(H,26,31)(H,27,32). The van der Waals surface area contributed by atoms with Crippen LogP contribution < -0.4 is 15.5 Å². The summed E-state index contributed by atoms with van der Waals surface area (Å²) in [6, 6.07) is 3.11. The molecule has 2 saturated heterocycles. The highest BCUT2D eigenvalue weighted by atomic mass is 19.1. The molecule has 0 spiro atoms. The third kappa shape index (κ3) is 5.37. The molecule has 0 aromatic heterocycles. The Hall–Kier alpha value is -2.71. The summed E-state index contributed by atoms with van der Waals surface area (Å²) in [7, 11) is 0. The van der Waals surface area contributed by atoms with E-state index >= 15 is 0 Å². The van der Waals surface area contributed by atoms with Crippen molar-refractivity contribution in [1.82, 2.24) is 15.5 Å². The lowest BCUT2D eigenvalue weighted by Crippen LogP contribution is -2.52. The van der Waals surface area contributed by atoms with Crippen LogP contribution in [0.3, 0.4) is 0 Å². The Morgan fingerprint density at radius 1 is 0.875 bits per heavy atom. The number of hydrogen-bond donors (Lipinski definition) is 2. The lowest BCUT2D eigenvalue weighted by atomic mass is 9.95. The van der Waals surface area contributed by atoms with E-state index in [0.717, 1.165) is 43.9 Å². The maximum atomic E-state index is 13.5. The predicted molar refractivity (Wildman–Crippen MR) is 115 cm³/mol. The number of carbonyl (C=O) groups excluding carboxylic acids is 3. The molecule has 1 unspecified atom stereocenters. The van der Waals surface area contributed by atoms with E-state index in [1.165, 1.54) is 11.3 Å². The zero-order valence-corrected chi connectivity index (χ0v) is 18.1. The number of benzene rings is 1. The summed E-state index contributed by atoms with van der Waals surface area (Å²) in [6.45, 7) is 1.24. The summed E-state index contributed by atoms with van der Waals surface area (Å²) < 4.78 is 27.0. The van der Waals surface area contributed by atoms with Gasteiger partial charge in [0.15, 0.2) is 0 Å². The van der Waals surface area contributed by atoms with Gasteiger partial charge < -0.3 is 20.4 Å². The van der Waals surface area contributed by atoms with Crippen LogP contribution in [-0.4, -0.2) is 54.5 Å². The first-order chi connectivity index (χ1) is 15.4. The van der Waals surface area contributed by atoms with Crippen molar-refractivity contribution < 1.29 is 23.2 Å². The number of amides is 4. The van der Waals surface area contributed by atoms with Crippen molar-refractivity contribution in [1.29, 1.82) is 0 Å². The molecule has 2 heterocycles. The van der Waals surface area contributed by atoms with Crippen LogP contribution in [0.15, 0.2) is 18.2 Å². The van der Waals surface area contributed by atoms with Gasteiger partial charge in [-0.25, -0.2) is 13.6 Å². The first-order valence-electron chi connectivity index (χ1n) is 11.5. The van der Waals surface area contributed by atoms with E-state index in [9.17, 15) is 23.2 Å². The number of hydrogen-bond acceptors (Lipinski definition) is 3. The van der Waals surface area contributed by atoms with Crippen molar-refractivity contribution in [3.63, 3.8) is 0 Å². The van der Waals surface area contributed by atoms with E-state index < -0.39 is 17.6 Å². The minimum Gasteiger partial charge on any atom is -0.353 e. The molecule has 9 heteroatoms. The number of anilines is 1. The zero-order valence-electron chi connectivity index (χ0n) is 18.1. The summed E-state index contributed by atoms with van der Waals surface area (Å²) >= 11 is 0. The second kappa shape index (κ2) is 9.83. The van der Waals surface area contributed by atoms with Gasteiger partial charge in [-0.05, 0) is 37.8 Å². The highest BCUT2D eigenvalue weighted by Crippen LogP contribution is 2.27. The van der Waals surface area contributed by atoms with E-state index in [2.05, 4.69) is 10.6 Å². The van der Waals surface area contributed by atoms with E-state index in [1.54, 1.807) is 4.90 Å². The highest BCUT2D eigenvalue weighted by molar-refractivity contribution is 6.00. The van der Waals surface area contributed by atoms with E-state index in [1.807, 2.05) is 0 Å². The molecule has 4 amide bonds. The molecule has 1 saturated carbocycles. The van der Waals surface area contributed by atoms with Gasteiger partial charge >= 0.3 is 6.03 Å². The smallest absolute Gasteiger partial charge is 0.317 e. The van der Waals surface area contributed by atoms with Gasteiger partial charge in [0.05, 0.1) is 5.92 Å². The molecule has 174 valence electrons. The molecule has 2 aliphatic heterocycles. The minimum atomic E-state index is -0.764. The number of nitrogens with one attached hydrogen (secondary N) is 2. The molecule has 4 rings (SSSR count). The third-order valence-corrected chi connectivity index (χ3v) is 6.72. The Morgan fingerprint density at radius 2 is 1.50 bits per heavy atom. The number of rotatable bonds is 4. The van der Waals surface area contributed by atoms with Crippen molar-refractivity contribution in [3.8, 4) is 0 Å². The third-order valence-electron chi connectivity index (χ3n) is 6.72. The largest absolute Gasteiger partial charge is 0.353 e. The van der Waals surface area contributed by atoms with Gasteiger partial charge in [0.25, 0.3) is 0 Å². The van der Waals surface area contributed by atoms with Crippen molar-refractivity contribution in [2.45, 2.75) is 63.5 Å². The first-order valence-corrected chi connectivity index (χ1v) is 11.5. The monoisotopic (exact) mass is 448 g/mol. The number of piperidine rings is 1. The van der Waals surface area contributed by atoms with Gasteiger partial charge in [0.2, 0.25) is 11.8 Å². The van der Waals surface area contributed by atoms with Gasteiger partial charge in [0, 0.05) is 49.9 Å². The van der Waals surface area contributed by atoms with E-state index in [-0.39, 0.29) is 48.6 Å². The summed E-state index contributed by atoms with van der Waals surface area (Å²) in [6.07, 6.45) is 6.96. The quantitative estimate of drug-likeness (QED) is 0.743. The fourth-order valence-corrected chi connectivity index (χ4v) is 4.89. The summed E-state index contributed by atoms with van der Waals surface area (Å²) in [5, 5.41) is 6.12. The van der Waals surface area contributed by atoms with Crippen molar-refractivity contribution in [2.24, 2.45) is 5.92 Å². The normalized spacial score (nSPS) is 22.8. The Bertz CT molecular complexity index is 847. The first kappa shape index (κ1) is 22.5. The van der Waals surface area contributed by atoms with Gasteiger partial charge in [-0.15, -0.1) is 0 Å². The van der Waals surface area contributed by atoms with Crippen LogP contribution in [0.4, 0.5) is 19.3 Å².